The van der Waals surface area contributed by atoms with Crippen molar-refractivity contribution in [2.45, 2.75) is 41.4 Å². The Bertz CT molecular complexity index is 647. The molecule has 8 heteroatoms. The van der Waals surface area contributed by atoms with Gasteiger partial charge in [-0.2, -0.15) is 0 Å². The van der Waals surface area contributed by atoms with Gasteiger partial charge < -0.3 is 20.3 Å². The number of likely N-dealkylation sites (N-methyl/N-ethyl adjacent to an activating group) is 1. The van der Waals surface area contributed by atoms with Gasteiger partial charge in [0.05, 0.1) is 6.10 Å². The summed E-state index contributed by atoms with van der Waals surface area (Å²) in [6, 6.07) is 10.5. The maximum atomic E-state index is 11.9. The van der Waals surface area contributed by atoms with E-state index in [1.54, 1.807) is 19.0 Å². The molecule has 2 fully saturated rings. The molecule has 0 bridgehead atoms. The van der Waals surface area contributed by atoms with E-state index in [-0.39, 0.29) is 47.3 Å². The number of amides is 1. The molecule has 0 aromatic heterocycles. The molecule has 2 N–H and O–H groups in total. The van der Waals surface area contributed by atoms with Crippen molar-refractivity contribution < 1.29 is 9.53 Å². The Morgan fingerprint density at radius 1 is 1.29 bits per heavy atom. The van der Waals surface area contributed by atoms with Gasteiger partial charge in [-0.3, -0.25) is 4.79 Å². The van der Waals surface area contributed by atoms with Crippen LogP contribution in [0.25, 0.3) is 0 Å². The number of nitrogens with one attached hydrogen (secondary N) is 2. The van der Waals surface area contributed by atoms with Crippen LogP contribution < -0.4 is 10.6 Å². The van der Waals surface area contributed by atoms with Crippen molar-refractivity contribution in [3.8, 4) is 0 Å². The second-order valence-corrected chi connectivity index (χ2v) is 8.96. The van der Waals surface area contributed by atoms with E-state index >= 15 is 0 Å². The molecule has 1 aromatic rings. The number of carbonyl (C=O) groups excluding carboxylic acids is 1. The SMILES string of the molecule is CN(C)C(=O)CN=C(NCC1CCCO1)NCC1(Sc2ccccc2)CC1.I. The number of rotatable bonds is 8. The molecule has 156 valence electrons. The van der Waals surface area contributed by atoms with Gasteiger partial charge in [-0.1, -0.05) is 18.2 Å². The Morgan fingerprint density at radius 3 is 2.64 bits per heavy atom. The highest BCUT2D eigenvalue weighted by Crippen LogP contribution is 2.51. The molecule has 0 spiro atoms. The van der Waals surface area contributed by atoms with Gasteiger partial charge in [0.2, 0.25) is 5.91 Å². The number of benzene rings is 1. The fraction of sp³-hybridized carbons (Fsp3) is 0.600. The van der Waals surface area contributed by atoms with Crippen molar-refractivity contribution >= 4 is 47.6 Å². The highest BCUT2D eigenvalue weighted by atomic mass is 127. The zero-order chi connectivity index (χ0) is 19.1. The smallest absolute Gasteiger partial charge is 0.243 e. The molecule has 2 aliphatic rings. The van der Waals surface area contributed by atoms with Gasteiger partial charge in [-0.05, 0) is 37.8 Å². The first-order chi connectivity index (χ1) is 13.1. The predicted molar refractivity (Wildman–Crippen MR) is 126 cm³/mol. The molecule has 1 atom stereocenters. The van der Waals surface area contributed by atoms with Crippen LogP contribution in [0.2, 0.25) is 0 Å². The van der Waals surface area contributed by atoms with E-state index in [1.807, 2.05) is 17.8 Å². The van der Waals surface area contributed by atoms with E-state index in [4.69, 9.17) is 4.74 Å². The lowest BCUT2D eigenvalue weighted by Gasteiger charge is -2.20. The van der Waals surface area contributed by atoms with E-state index in [0.717, 1.165) is 32.5 Å². The van der Waals surface area contributed by atoms with Crippen molar-refractivity contribution in [1.82, 2.24) is 15.5 Å². The summed E-state index contributed by atoms with van der Waals surface area (Å²) in [6.07, 6.45) is 4.80. The Labute approximate surface area is 189 Å². The van der Waals surface area contributed by atoms with Crippen LogP contribution in [0.3, 0.4) is 0 Å². The second-order valence-electron chi connectivity index (χ2n) is 7.42. The summed E-state index contributed by atoms with van der Waals surface area (Å²) >= 11 is 1.93. The topological polar surface area (TPSA) is 66.0 Å². The van der Waals surface area contributed by atoms with Crippen LogP contribution in [0.1, 0.15) is 25.7 Å². The maximum absolute atomic E-state index is 11.9. The first-order valence-corrected chi connectivity index (χ1v) is 10.5. The standard InChI is InChI=1S/C20H30N4O2S.HI/c1-24(2)18(25)14-22-19(21-13-16-7-6-12-26-16)23-15-20(10-11-20)27-17-8-4-3-5-9-17;/h3-5,8-9,16H,6-7,10-15H2,1-2H3,(H2,21,22,23);1H. The number of hydrogen-bond acceptors (Lipinski definition) is 4. The van der Waals surface area contributed by atoms with Gasteiger partial charge in [-0.25, -0.2) is 4.99 Å². The first kappa shape index (κ1) is 23.3. The van der Waals surface area contributed by atoms with Crippen LogP contribution in [0.4, 0.5) is 0 Å². The van der Waals surface area contributed by atoms with Crippen LogP contribution in [0.15, 0.2) is 40.2 Å². The molecule has 0 radical (unpaired) electrons. The highest BCUT2D eigenvalue weighted by Gasteiger charge is 2.43. The number of ether oxygens (including phenoxy) is 1. The van der Waals surface area contributed by atoms with Gasteiger partial charge in [0.1, 0.15) is 6.54 Å². The fourth-order valence-electron chi connectivity index (χ4n) is 2.92. The Kier molecular flexibility index (Phi) is 9.36. The van der Waals surface area contributed by atoms with Gasteiger partial charge in [-0.15, -0.1) is 35.7 Å². The fourth-order valence-corrected chi connectivity index (χ4v) is 4.16. The van der Waals surface area contributed by atoms with Crippen molar-refractivity contribution in [1.29, 1.82) is 0 Å². The minimum absolute atomic E-state index is 0. The zero-order valence-corrected chi connectivity index (χ0v) is 19.8. The van der Waals surface area contributed by atoms with E-state index < -0.39 is 0 Å². The van der Waals surface area contributed by atoms with Crippen molar-refractivity contribution in [2.75, 3.05) is 40.3 Å². The van der Waals surface area contributed by atoms with E-state index in [0.29, 0.717) is 5.96 Å². The van der Waals surface area contributed by atoms with Gasteiger partial charge in [0.25, 0.3) is 0 Å². The number of aliphatic imine (C=N–C) groups is 1. The Morgan fingerprint density at radius 2 is 2.04 bits per heavy atom. The summed E-state index contributed by atoms with van der Waals surface area (Å²) in [5, 5.41) is 6.81. The summed E-state index contributed by atoms with van der Waals surface area (Å²) in [6.45, 7) is 2.54. The number of carbonyl (C=O) groups is 1. The molecule has 6 nitrogen and oxygen atoms in total. The number of guanidine groups is 1. The zero-order valence-electron chi connectivity index (χ0n) is 16.6. The van der Waals surface area contributed by atoms with E-state index in [2.05, 4.69) is 39.9 Å². The monoisotopic (exact) mass is 518 g/mol. The minimum atomic E-state index is -0.00647. The van der Waals surface area contributed by atoms with Crippen LogP contribution in [0, 0.1) is 0 Å². The highest BCUT2D eigenvalue weighted by molar-refractivity contribution is 14.0. The Balaban J connectivity index is 0.00000280. The third-order valence-electron chi connectivity index (χ3n) is 4.86. The largest absolute Gasteiger partial charge is 0.376 e. The maximum Gasteiger partial charge on any atom is 0.243 e. The predicted octanol–water partition coefficient (Wildman–Crippen LogP) is 2.73. The average molecular weight is 518 g/mol. The van der Waals surface area contributed by atoms with Crippen molar-refractivity contribution in [3.63, 3.8) is 0 Å². The quantitative estimate of drug-likeness (QED) is 0.315. The lowest BCUT2D eigenvalue weighted by atomic mass is 10.2. The Hall–Kier alpha value is -1.000. The molecule has 28 heavy (non-hydrogen) atoms. The number of hydrogen-bond donors (Lipinski definition) is 2. The number of nitrogens with zero attached hydrogens (tertiary/aromatic N) is 2. The summed E-state index contributed by atoms with van der Waals surface area (Å²) in [5.41, 5.74) is 0. The molecular formula is C20H31IN4O2S. The van der Waals surface area contributed by atoms with Crippen LogP contribution >= 0.6 is 35.7 Å². The summed E-state index contributed by atoms with van der Waals surface area (Å²) in [4.78, 5) is 19.2. The first-order valence-electron chi connectivity index (χ1n) is 9.64. The molecule has 1 aliphatic carbocycles. The summed E-state index contributed by atoms with van der Waals surface area (Å²) in [7, 11) is 3.50. The summed E-state index contributed by atoms with van der Waals surface area (Å²) < 4.78 is 5.90. The molecule has 1 aromatic carbocycles. The van der Waals surface area contributed by atoms with Gasteiger partial charge in [0, 0.05) is 43.4 Å². The van der Waals surface area contributed by atoms with Crippen molar-refractivity contribution in [3.05, 3.63) is 30.3 Å². The summed E-state index contributed by atoms with van der Waals surface area (Å²) in [5.74, 6) is 0.689. The normalized spacial score (nSPS) is 20.2. The van der Waals surface area contributed by atoms with Gasteiger partial charge >= 0.3 is 0 Å². The van der Waals surface area contributed by atoms with Gasteiger partial charge in [0.15, 0.2) is 5.96 Å². The molecule has 1 saturated carbocycles. The molecule has 1 aliphatic heterocycles. The number of halogens is 1. The van der Waals surface area contributed by atoms with Crippen LogP contribution in [-0.4, -0.2) is 68.0 Å². The lowest BCUT2D eigenvalue weighted by Crippen LogP contribution is -2.44. The molecular weight excluding hydrogens is 487 g/mol. The molecule has 1 amide bonds. The number of thioether (sulfide) groups is 1. The third-order valence-corrected chi connectivity index (χ3v) is 6.35. The van der Waals surface area contributed by atoms with E-state index in [9.17, 15) is 4.79 Å². The molecule has 1 heterocycles. The van der Waals surface area contributed by atoms with E-state index in [1.165, 1.54) is 17.7 Å². The second kappa shape index (κ2) is 11.3. The van der Waals surface area contributed by atoms with Crippen molar-refractivity contribution in [2.24, 2.45) is 4.99 Å². The third kappa shape index (κ3) is 7.44. The lowest BCUT2D eigenvalue weighted by molar-refractivity contribution is -0.127. The van der Waals surface area contributed by atoms with Crippen LogP contribution in [0.5, 0.6) is 0 Å². The molecule has 1 unspecified atom stereocenters. The van der Waals surface area contributed by atoms with Crippen LogP contribution in [-0.2, 0) is 9.53 Å². The average Bonchev–Trinajstić information content (AvgIpc) is 3.22. The minimum Gasteiger partial charge on any atom is -0.376 e. The molecule has 3 rings (SSSR count). The molecule has 1 saturated heterocycles.